The van der Waals surface area contributed by atoms with E-state index in [2.05, 4.69) is 0 Å². The second-order valence-corrected chi connectivity index (χ2v) is 5.77. The fraction of sp³-hybridized carbons (Fsp3) is 0.294. The number of halogens is 9. The van der Waals surface area contributed by atoms with Crippen molar-refractivity contribution in [2.45, 2.75) is 30.9 Å². The van der Waals surface area contributed by atoms with Gasteiger partial charge in [-0.25, -0.2) is 0 Å². The molecule has 0 bridgehead atoms. The van der Waals surface area contributed by atoms with E-state index in [9.17, 15) is 39.5 Å². The highest BCUT2D eigenvalue weighted by atomic mass is 19.4. The number of hydrogen-bond donors (Lipinski definition) is 0. The zero-order valence-electron chi connectivity index (χ0n) is 13.0. The van der Waals surface area contributed by atoms with E-state index in [0.717, 1.165) is 0 Å². The number of rotatable bonds is 2. The minimum Gasteiger partial charge on any atom is -0.170 e. The molecule has 2 rings (SSSR count). The highest BCUT2D eigenvalue weighted by Gasteiger charge is 2.53. The standard InChI is InChI=1S/C17H11F9/c1-14(17(24,25)26,10-2-6-12(7-3-10)15(18,19)20)11-4-8-13(9-5-11)16(21,22)23/h2-9H,1H3. The SMILES string of the molecule is CC(c1ccc(C(F)(F)F)cc1)(c1ccc(C(F)(F)F)cc1)C(F)(F)F. The molecule has 26 heavy (non-hydrogen) atoms. The summed E-state index contributed by atoms with van der Waals surface area (Å²) in [5.41, 5.74) is -6.06. The van der Waals surface area contributed by atoms with Crippen molar-refractivity contribution in [3.8, 4) is 0 Å². The van der Waals surface area contributed by atoms with E-state index in [1.54, 1.807) is 0 Å². The van der Waals surface area contributed by atoms with Gasteiger partial charge in [-0.05, 0) is 42.3 Å². The molecule has 0 atom stereocenters. The van der Waals surface area contributed by atoms with E-state index < -0.39 is 46.2 Å². The lowest BCUT2D eigenvalue weighted by Gasteiger charge is -2.33. The van der Waals surface area contributed by atoms with Crippen LogP contribution in [0.15, 0.2) is 48.5 Å². The van der Waals surface area contributed by atoms with Gasteiger partial charge in [-0.3, -0.25) is 0 Å². The third kappa shape index (κ3) is 3.66. The van der Waals surface area contributed by atoms with Gasteiger partial charge in [0, 0.05) is 0 Å². The van der Waals surface area contributed by atoms with Gasteiger partial charge in [0.1, 0.15) is 5.41 Å². The Bertz CT molecular complexity index is 690. The quantitative estimate of drug-likeness (QED) is 0.511. The third-order valence-corrected chi connectivity index (χ3v) is 4.15. The molecule has 0 saturated heterocycles. The van der Waals surface area contributed by atoms with Crippen molar-refractivity contribution in [2.75, 3.05) is 0 Å². The molecule has 0 radical (unpaired) electrons. The van der Waals surface area contributed by atoms with Gasteiger partial charge in [-0.2, -0.15) is 39.5 Å². The van der Waals surface area contributed by atoms with Crippen LogP contribution in [0.2, 0.25) is 0 Å². The van der Waals surface area contributed by atoms with Crippen LogP contribution >= 0.6 is 0 Å². The number of hydrogen-bond acceptors (Lipinski definition) is 0. The molecule has 0 aliphatic carbocycles. The topological polar surface area (TPSA) is 0 Å². The Morgan fingerprint density at radius 1 is 0.462 bits per heavy atom. The van der Waals surface area contributed by atoms with Crippen LogP contribution in [0, 0.1) is 0 Å². The molecule has 0 amide bonds. The van der Waals surface area contributed by atoms with Gasteiger partial charge in [-0.15, -0.1) is 0 Å². The molecule has 0 heterocycles. The third-order valence-electron chi connectivity index (χ3n) is 4.15. The van der Waals surface area contributed by atoms with Crippen molar-refractivity contribution in [1.82, 2.24) is 0 Å². The molecule has 0 unspecified atom stereocenters. The maximum Gasteiger partial charge on any atom is 0.416 e. The zero-order chi connectivity index (χ0) is 20.0. The van der Waals surface area contributed by atoms with Gasteiger partial charge in [0.15, 0.2) is 0 Å². The lowest BCUT2D eigenvalue weighted by molar-refractivity contribution is -0.173. The van der Waals surface area contributed by atoms with E-state index in [4.69, 9.17) is 0 Å². The molecule has 2 aromatic carbocycles. The van der Waals surface area contributed by atoms with Crippen molar-refractivity contribution in [2.24, 2.45) is 0 Å². The minimum absolute atomic E-state index is 0.503. The molecule has 0 aliphatic rings. The Morgan fingerprint density at radius 3 is 0.885 bits per heavy atom. The summed E-state index contributed by atoms with van der Waals surface area (Å²) >= 11 is 0. The molecule has 0 fully saturated rings. The van der Waals surface area contributed by atoms with Gasteiger partial charge in [0.05, 0.1) is 11.1 Å². The molecule has 142 valence electrons. The second-order valence-electron chi connectivity index (χ2n) is 5.77. The van der Waals surface area contributed by atoms with E-state index in [1.165, 1.54) is 0 Å². The van der Waals surface area contributed by atoms with Crippen LogP contribution in [0.4, 0.5) is 39.5 Å². The lowest BCUT2D eigenvalue weighted by atomic mass is 9.75. The van der Waals surface area contributed by atoms with Crippen LogP contribution in [-0.2, 0) is 17.8 Å². The largest absolute Gasteiger partial charge is 0.416 e. The Labute approximate surface area is 142 Å². The van der Waals surface area contributed by atoms with Gasteiger partial charge < -0.3 is 0 Å². The first-order chi connectivity index (χ1) is 11.7. The molecule has 9 heteroatoms. The first-order valence-corrected chi connectivity index (χ1v) is 7.09. The zero-order valence-corrected chi connectivity index (χ0v) is 13.0. The minimum atomic E-state index is -4.95. The molecular weight excluding hydrogens is 375 g/mol. The van der Waals surface area contributed by atoms with Crippen molar-refractivity contribution < 1.29 is 39.5 Å². The fourth-order valence-corrected chi connectivity index (χ4v) is 2.48. The highest BCUT2D eigenvalue weighted by Crippen LogP contribution is 2.47. The monoisotopic (exact) mass is 386 g/mol. The maximum atomic E-state index is 13.7. The predicted octanol–water partition coefficient (Wildman–Crippen LogP) is 6.59. The Kier molecular flexibility index (Phi) is 4.80. The Hall–Kier alpha value is -2.19. The summed E-state index contributed by atoms with van der Waals surface area (Å²) in [6.07, 6.45) is -14.4. The average molecular weight is 386 g/mol. The molecule has 0 nitrogen and oxygen atoms in total. The smallest absolute Gasteiger partial charge is 0.170 e. The van der Waals surface area contributed by atoms with E-state index in [0.29, 0.717) is 55.5 Å². The normalized spacial score (nSPS) is 13.8. The first-order valence-electron chi connectivity index (χ1n) is 7.09. The van der Waals surface area contributed by atoms with E-state index in [-0.39, 0.29) is 0 Å². The summed E-state index contributed by atoms with van der Waals surface area (Å²) in [5.74, 6) is 0. The Morgan fingerprint density at radius 2 is 0.692 bits per heavy atom. The summed E-state index contributed by atoms with van der Waals surface area (Å²) in [6, 6.07) is 4.71. The van der Waals surface area contributed by atoms with Crippen LogP contribution in [0.25, 0.3) is 0 Å². The molecule has 0 aliphatic heterocycles. The van der Waals surface area contributed by atoms with Crippen LogP contribution in [-0.4, -0.2) is 6.18 Å². The molecular formula is C17H11F9. The summed E-state index contributed by atoms with van der Waals surface area (Å²) in [5, 5.41) is 0. The fourth-order valence-electron chi connectivity index (χ4n) is 2.48. The first kappa shape index (κ1) is 20.1. The van der Waals surface area contributed by atoms with Crippen molar-refractivity contribution in [1.29, 1.82) is 0 Å². The van der Waals surface area contributed by atoms with Crippen molar-refractivity contribution >= 4 is 0 Å². The van der Waals surface area contributed by atoms with Gasteiger partial charge in [-0.1, -0.05) is 24.3 Å². The summed E-state index contributed by atoms with van der Waals surface area (Å²) < 4.78 is 117. The molecule has 0 saturated carbocycles. The Balaban J connectivity index is 2.56. The number of alkyl halides is 9. The van der Waals surface area contributed by atoms with Crippen LogP contribution < -0.4 is 0 Å². The highest BCUT2D eigenvalue weighted by molar-refractivity contribution is 5.43. The van der Waals surface area contributed by atoms with Crippen molar-refractivity contribution in [3.05, 3.63) is 70.8 Å². The number of benzene rings is 2. The predicted molar refractivity (Wildman–Crippen MR) is 75.4 cm³/mol. The molecule has 0 N–H and O–H groups in total. The van der Waals surface area contributed by atoms with Crippen LogP contribution in [0.5, 0.6) is 0 Å². The summed E-state index contributed by atoms with van der Waals surface area (Å²) in [6.45, 7) is 0.707. The van der Waals surface area contributed by atoms with Gasteiger partial charge in [0.25, 0.3) is 0 Å². The van der Waals surface area contributed by atoms with Crippen molar-refractivity contribution in [3.63, 3.8) is 0 Å². The molecule has 2 aromatic rings. The van der Waals surface area contributed by atoms with Crippen LogP contribution in [0.3, 0.4) is 0 Å². The lowest BCUT2D eigenvalue weighted by Crippen LogP contribution is -2.40. The summed E-state index contributed by atoms with van der Waals surface area (Å²) in [7, 11) is 0. The second kappa shape index (κ2) is 6.21. The average Bonchev–Trinajstić information content (AvgIpc) is 2.51. The molecule has 0 aromatic heterocycles. The van der Waals surface area contributed by atoms with Gasteiger partial charge >= 0.3 is 18.5 Å². The maximum absolute atomic E-state index is 13.7. The molecule has 0 spiro atoms. The van der Waals surface area contributed by atoms with Crippen LogP contribution in [0.1, 0.15) is 29.2 Å². The van der Waals surface area contributed by atoms with Gasteiger partial charge in [0.2, 0.25) is 0 Å². The van der Waals surface area contributed by atoms with E-state index >= 15 is 0 Å². The van der Waals surface area contributed by atoms with E-state index in [1.807, 2.05) is 0 Å². The summed E-state index contributed by atoms with van der Waals surface area (Å²) in [4.78, 5) is 0.